The highest BCUT2D eigenvalue weighted by molar-refractivity contribution is 6.21. The Kier molecular flexibility index (Phi) is 3.20. The Hall–Kier alpha value is 0. The summed E-state index contributed by atoms with van der Waals surface area (Å²) in [5.74, 6) is 0. The molecule has 12 heavy (non-hydrogen) atoms. The molecule has 2 unspecified atom stereocenters. The van der Waals surface area contributed by atoms with E-state index in [4.69, 9.17) is 16.3 Å². The minimum atomic E-state index is -4.18. The molecule has 0 saturated carbocycles. The Morgan fingerprint density at radius 2 is 2.08 bits per heavy atom. The lowest BCUT2D eigenvalue weighted by Crippen LogP contribution is -2.41. The standard InChI is InChI=1S/C6H9ClF3NO/c7-4-1-12-2-5(4)11-3-6(8,9)10/h4-5,11H,1-3H2. The molecule has 1 fully saturated rings. The Balaban J connectivity index is 2.23. The maximum atomic E-state index is 11.7. The van der Waals surface area contributed by atoms with Crippen LogP contribution in [-0.2, 0) is 4.74 Å². The van der Waals surface area contributed by atoms with Crippen LogP contribution in [0.15, 0.2) is 0 Å². The molecular formula is C6H9ClF3NO. The van der Waals surface area contributed by atoms with Crippen LogP contribution in [-0.4, -0.2) is 37.4 Å². The molecule has 0 spiro atoms. The van der Waals surface area contributed by atoms with Gasteiger partial charge in [-0.3, -0.25) is 0 Å². The van der Waals surface area contributed by atoms with Gasteiger partial charge in [0.1, 0.15) is 0 Å². The van der Waals surface area contributed by atoms with Gasteiger partial charge < -0.3 is 10.1 Å². The maximum Gasteiger partial charge on any atom is 0.401 e. The average Bonchev–Trinajstić information content (AvgIpc) is 2.29. The summed E-state index contributed by atoms with van der Waals surface area (Å²) in [5, 5.41) is 1.94. The summed E-state index contributed by atoms with van der Waals surface area (Å²) in [7, 11) is 0. The van der Waals surface area contributed by atoms with E-state index in [0.29, 0.717) is 6.61 Å². The summed E-state index contributed by atoms with van der Waals surface area (Å²) in [6.07, 6.45) is -4.18. The molecule has 1 aliphatic rings. The van der Waals surface area contributed by atoms with Gasteiger partial charge in [0.2, 0.25) is 0 Å². The molecule has 1 N–H and O–H groups in total. The Morgan fingerprint density at radius 3 is 2.50 bits per heavy atom. The van der Waals surface area contributed by atoms with Crippen LogP contribution < -0.4 is 5.32 Å². The van der Waals surface area contributed by atoms with Crippen molar-refractivity contribution < 1.29 is 17.9 Å². The van der Waals surface area contributed by atoms with Gasteiger partial charge in [-0.25, -0.2) is 0 Å². The second kappa shape index (κ2) is 3.81. The van der Waals surface area contributed by atoms with Gasteiger partial charge in [0.25, 0.3) is 0 Å². The third kappa shape index (κ3) is 3.16. The average molecular weight is 204 g/mol. The molecule has 1 saturated heterocycles. The third-order valence-corrected chi connectivity index (χ3v) is 2.01. The third-order valence-electron chi connectivity index (χ3n) is 1.58. The summed E-state index contributed by atoms with van der Waals surface area (Å²) < 4.78 is 39.9. The molecule has 1 heterocycles. The summed E-state index contributed by atoms with van der Waals surface area (Å²) in [4.78, 5) is 0. The number of alkyl halides is 4. The van der Waals surface area contributed by atoms with Crippen LogP contribution >= 0.6 is 11.6 Å². The fourth-order valence-electron chi connectivity index (χ4n) is 0.962. The maximum absolute atomic E-state index is 11.7. The lowest BCUT2D eigenvalue weighted by atomic mass is 10.2. The molecule has 0 amide bonds. The van der Waals surface area contributed by atoms with Crippen molar-refractivity contribution in [1.29, 1.82) is 0 Å². The second-order valence-electron chi connectivity index (χ2n) is 2.66. The monoisotopic (exact) mass is 203 g/mol. The van der Waals surface area contributed by atoms with Crippen LogP contribution in [0.5, 0.6) is 0 Å². The molecule has 0 bridgehead atoms. The van der Waals surface area contributed by atoms with Crippen molar-refractivity contribution >= 4 is 11.6 Å². The van der Waals surface area contributed by atoms with Crippen molar-refractivity contribution in [2.45, 2.75) is 17.6 Å². The molecule has 0 aromatic carbocycles. The molecule has 72 valence electrons. The van der Waals surface area contributed by atoms with Crippen LogP contribution in [0.25, 0.3) is 0 Å². The van der Waals surface area contributed by atoms with E-state index < -0.39 is 12.7 Å². The molecule has 1 aliphatic heterocycles. The topological polar surface area (TPSA) is 21.3 Å². The molecule has 1 rings (SSSR count). The highest BCUT2D eigenvalue weighted by Gasteiger charge is 2.32. The molecular weight excluding hydrogens is 195 g/mol. The lowest BCUT2D eigenvalue weighted by Gasteiger charge is -2.15. The minimum Gasteiger partial charge on any atom is -0.378 e. The number of hydrogen-bond donors (Lipinski definition) is 1. The summed E-state index contributed by atoms with van der Waals surface area (Å²) in [5.41, 5.74) is 0. The zero-order valence-corrected chi connectivity index (χ0v) is 6.95. The fourth-order valence-corrected chi connectivity index (χ4v) is 1.21. The first-order chi connectivity index (χ1) is 5.49. The van der Waals surface area contributed by atoms with Crippen LogP contribution in [0.3, 0.4) is 0 Å². The Morgan fingerprint density at radius 1 is 1.42 bits per heavy atom. The van der Waals surface area contributed by atoms with E-state index in [1.165, 1.54) is 0 Å². The van der Waals surface area contributed by atoms with Crippen molar-refractivity contribution in [2.24, 2.45) is 0 Å². The number of ether oxygens (including phenoxy) is 1. The van der Waals surface area contributed by atoms with E-state index in [1.54, 1.807) is 0 Å². The highest BCUT2D eigenvalue weighted by Crippen LogP contribution is 2.16. The van der Waals surface area contributed by atoms with Gasteiger partial charge >= 0.3 is 6.18 Å². The number of halogens is 4. The largest absolute Gasteiger partial charge is 0.401 e. The van der Waals surface area contributed by atoms with Gasteiger partial charge in [-0.05, 0) is 0 Å². The second-order valence-corrected chi connectivity index (χ2v) is 3.22. The van der Waals surface area contributed by atoms with Gasteiger partial charge in [0, 0.05) is 6.04 Å². The van der Waals surface area contributed by atoms with Gasteiger partial charge in [0.05, 0.1) is 25.1 Å². The van der Waals surface area contributed by atoms with E-state index in [1.807, 2.05) is 0 Å². The summed E-state index contributed by atoms with van der Waals surface area (Å²) >= 11 is 5.65. The first-order valence-corrected chi connectivity index (χ1v) is 3.94. The van der Waals surface area contributed by atoms with Gasteiger partial charge in [0.15, 0.2) is 0 Å². The molecule has 2 nitrogen and oxygen atoms in total. The SMILES string of the molecule is FC(F)(F)CNC1COCC1Cl. The zero-order valence-electron chi connectivity index (χ0n) is 6.20. The predicted molar refractivity (Wildman–Crippen MR) is 38.3 cm³/mol. The molecule has 2 atom stereocenters. The van der Waals surface area contributed by atoms with Crippen molar-refractivity contribution in [2.75, 3.05) is 19.8 Å². The number of nitrogens with one attached hydrogen (secondary N) is 1. The van der Waals surface area contributed by atoms with E-state index in [-0.39, 0.29) is 18.0 Å². The molecule has 0 aromatic rings. The van der Waals surface area contributed by atoms with Gasteiger partial charge in [-0.1, -0.05) is 0 Å². The molecule has 0 aromatic heterocycles. The van der Waals surface area contributed by atoms with Crippen LogP contribution in [0, 0.1) is 0 Å². The van der Waals surface area contributed by atoms with E-state index in [0.717, 1.165) is 0 Å². The van der Waals surface area contributed by atoms with Crippen molar-refractivity contribution in [3.8, 4) is 0 Å². The van der Waals surface area contributed by atoms with Gasteiger partial charge in [-0.15, -0.1) is 11.6 Å². The van der Waals surface area contributed by atoms with Crippen LogP contribution in [0.4, 0.5) is 13.2 Å². The lowest BCUT2D eigenvalue weighted by molar-refractivity contribution is -0.126. The molecule has 6 heteroatoms. The minimum absolute atomic E-state index is 0.254. The summed E-state index contributed by atoms with van der Waals surface area (Å²) in [6, 6.07) is -0.381. The number of hydrogen-bond acceptors (Lipinski definition) is 2. The predicted octanol–water partition coefficient (Wildman–Crippen LogP) is 1.14. The Labute approximate surface area is 73.0 Å². The highest BCUT2D eigenvalue weighted by atomic mass is 35.5. The smallest absolute Gasteiger partial charge is 0.378 e. The summed E-state index contributed by atoms with van der Waals surface area (Å²) in [6.45, 7) is -0.439. The molecule has 0 radical (unpaired) electrons. The van der Waals surface area contributed by atoms with E-state index in [9.17, 15) is 13.2 Å². The van der Waals surface area contributed by atoms with Crippen LogP contribution in [0.2, 0.25) is 0 Å². The molecule has 0 aliphatic carbocycles. The quantitative estimate of drug-likeness (QED) is 0.680. The van der Waals surface area contributed by atoms with Crippen molar-refractivity contribution in [3.05, 3.63) is 0 Å². The van der Waals surface area contributed by atoms with Crippen LogP contribution in [0.1, 0.15) is 0 Å². The first-order valence-electron chi connectivity index (χ1n) is 3.51. The normalized spacial score (nSPS) is 31.0. The van der Waals surface area contributed by atoms with Gasteiger partial charge in [-0.2, -0.15) is 13.2 Å². The first kappa shape index (κ1) is 10.1. The number of rotatable bonds is 2. The van der Waals surface area contributed by atoms with E-state index in [2.05, 4.69) is 5.32 Å². The van der Waals surface area contributed by atoms with E-state index >= 15 is 0 Å². The van der Waals surface area contributed by atoms with Crippen molar-refractivity contribution in [3.63, 3.8) is 0 Å². The fraction of sp³-hybridized carbons (Fsp3) is 1.00. The zero-order chi connectivity index (χ0) is 9.19. The Bertz CT molecular complexity index is 152. The van der Waals surface area contributed by atoms with Crippen molar-refractivity contribution in [1.82, 2.24) is 5.32 Å².